The minimum absolute atomic E-state index is 0.0465. The van der Waals surface area contributed by atoms with Gasteiger partial charge in [-0.15, -0.1) is 0 Å². The molecule has 1 saturated heterocycles. The lowest BCUT2D eigenvalue weighted by atomic mass is 10.3. The van der Waals surface area contributed by atoms with Crippen molar-refractivity contribution in [1.29, 1.82) is 0 Å². The number of amides is 3. The van der Waals surface area contributed by atoms with E-state index in [9.17, 15) is 9.59 Å². The average Bonchev–Trinajstić information content (AvgIpc) is 3.05. The number of aromatic hydroxyl groups is 1. The zero-order valence-electron chi connectivity index (χ0n) is 14.1. The molecule has 1 aromatic rings. The van der Waals surface area contributed by atoms with Gasteiger partial charge in [0.05, 0.1) is 10.0 Å². The third-order valence-electron chi connectivity index (χ3n) is 3.44. The summed E-state index contributed by atoms with van der Waals surface area (Å²) in [5.41, 5.74) is 0. The summed E-state index contributed by atoms with van der Waals surface area (Å²) in [6.07, 6.45) is 2.16. The summed E-state index contributed by atoms with van der Waals surface area (Å²) in [5.74, 6) is 0.176. The van der Waals surface area contributed by atoms with Crippen LogP contribution >= 0.6 is 23.2 Å². The van der Waals surface area contributed by atoms with Crippen LogP contribution < -0.4 is 0 Å². The van der Waals surface area contributed by atoms with Gasteiger partial charge < -0.3 is 19.8 Å². The number of nitrogens with zero attached hydrogens (tertiary/aromatic N) is 3. The molecule has 0 aliphatic carbocycles. The van der Waals surface area contributed by atoms with Crippen LogP contribution in [0.3, 0.4) is 0 Å². The molecule has 0 unspecified atom stereocenters. The van der Waals surface area contributed by atoms with E-state index >= 15 is 0 Å². The van der Waals surface area contributed by atoms with Crippen molar-refractivity contribution in [2.45, 2.75) is 12.8 Å². The van der Waals surface area contributed by atoms with Gasteiger partial charge in [0.1, 0.15) is 12.3 Å². The molecular weight excluding hydrogens is 353 g/mol. The van der Waals surface area contributed by atoms with Crippen molar-refractivity contribution in [2.75, 3.05) is 40.8 Å². The van der Waals surface area contributed by atoms with Crippen molar-refractivity contribution in [3.63, 3.8) is 0 Å². The molecular formula is C16H23Cl2N3O3. The first-order valence-corrected chi connectivity index (χ1v) is 8.32. The Kier molecular flexibility index (Phi) is 8.15. The third-order valence-corrected chi connectivity index (χ3v) is 4.18. The SMILES string of the molecule is CN(C)C(=O)N(C)CC(=O)N1CCCC1.Oc1ccc(Cl)c(Cl)c1. The molecule has 0 spiro atoms. The lowest BCUT2D eigenvalue weighted by Gasteiger charge is -2.23. The zero-order valence-corrected chi connectivity index (χ0v) is 15.6. The first-order chi connectivity index (χ1) is 11.2. The Hall–Kier alpha value is -1.66. The number of benzene rings is 1. The maximum atomic E-state index is 11.7. The maximum Gasteiger partial charge on any atom is 0.319 e. The number of phenols is 1. The zero-order chi connectivity index (χ0) is 18.3. The van der Waals surface area contributed by atoms with Crippen LogP contribution in [-0.4, -0.2) is 72.5 Å². The molecule has 134 valence electrons. The van der Waals surface area contributed by atoms with Gasteiger partial charge in [0.2, 0.25) is 5.91 Å². The fraction of sp³-hybridized carbons (Fsp3) is 0.500. The van der Waals surface area contributed by atoms with Crippen LogP contribution in [0.4, 0.5) is 4.79 Å². The van der Waals surface area contributed by atoms with Gasteiger partial charge in [-0.3, -0.25) is 4.79 Å². The Labute approximate surface area is 152 Å². The van der Waals surface area contributed by atoms with E-state index in [0.29, 0.717) is 10.0 Å². The molecule has 0 radical (unpaired) electrons. The number of carbonyl (C=O) groups excluding carboxylic acids is 2. The van der Waals surface area contributed by atoms with Crippen molar-refractivity contribution in [3.8, 4) is 5.75 Å². The molecule has 3 amide bonds. The third kappa shape index (κ3) is 6.45. The lowest BCUT2D eigenvalue weighted by Crippen LogP contribution is -2.43. The van der Waals surface area contributed by atoms with Gasteiger partial charge in [-0.05, 0) is 31.0 Å². The number of halogens is 2. The van der Waals surface area contributed by atoms with Crippen molar-refractivity contribution < 1.29 is 14.7 Å². The van der Waals surface area contributed by atoms with Crippen LogP contribution in [0.5, 0.6) is 5.75 Å². The minimum Gasteiger partial charge on any atom is -0.508 e. The second-order valence-electron chi connectivity index (χ2n) is 5.72. The molecule has 0 saturated carbocycles. The fourth-order valence-electron chi connectivity index (χ4n) is 2.16. The number of phenolic OH excluding ortho intramolecular Hbond substituents is 1. The van der Waals surface area contributed by atoms with Gasteiger partial charge in [0.15, 0.2) is 0 Å². The number of likely N-dealkylation sites (tertiary alicyclic amines) is 1. The number of hydrogen-bond donors (Lipinski definition) is 1. The van der Waals surface area contributed by atoms with Crippen molar-refractivity contribution >= 4 is 35.1 Å². The average molecular weight is 376 g/mol. The van der Waals surface area contributed by atoms with Crippen LogP contribution in [0.2, 0.25) is 10.0 Å². The lowest BCUT2D eigenvalue weighted by molar-refractivity contribution is -0.130. The van der Waals surface area contributed by atoms with E-state index in [4.69, 9.17) is 28.3 Å². The van der Waals surface area contributed by atoms with E-state index in [-0.39, 0.29) is 24.2 Å². The van der Waals surface area contributed by atoms with Gasteiger partial charge in [0, 0.05) is 34.2 Å². The van der Waals surface area contributed by atoms with Gasteiger partial charge in [-0.2, -0.15) is 0 Å². The summed E-state index contributed by atoms with van der Waals surface area (Å²) in [7, 11) is 5.01. The Morgan fingerprint density at radius 3 is 2.17 bits per heavy atom. The topological polar surface area (TPSA) is 64.1 Å². The van der Waals surface area contributed by atoms with Gasteiger partial charge in [-0.1, -0.05) is 23.2 Å². The number of likely N-dealkylation sites (N-methyl/N-ethyl adjacent to an activating group) is 1. The van der Waals surface area contributed by atoms with Crippen LogP contribution in [0.25, 0.3) is 0 Å². The molecule has 0 aromatic heterocycles. The quantitative estimate of drug-likeness (QED) is 0.863. The number of hydrogen-bond acceptors (Lipinski definition) is 3. The van der Waals surface area contributed by atoms with E-state index in [1.807, 2.05) is 4.90 Å². The monoisotopic (exact) mass is 375 g/mol. The van der Waals surface area contributed by atoms with Crippen LogP contribution in [0.15, 0.2) is 18.2 Å². The Balaban J connectivity index is 0.000000272. The molecule has 1 aromatic carbocycles. The van der Waals surface area contributed by atoms with E-state index in [0.717, 1.165) is 25.9 Å². The number of rotatable bonds is 2. The first-order valence-electron chi connectivity index (χ1n) is 7.56. The molecule has 24 heavy (non-hydrogen) atoms. The standard InChI is InChI=1S/C10H19N3O2.C6H4Cl2O/c1-11(2)10(15)12(3)8-9(14)13-6-4-5-7-13;7-5-2-1-4(9)3-6(5)8/h4-8H2,1-3H3;1-3,9H. The molecule has 1 N–H and O–H groups in total. The summed E-state index contributed by atoms with van der Waals surface area (Å²) in [6.45, 7) is 1.85. The summed E-state index contributed by atoms with van der Waals surface area (Å²) >= 11 is 11.1. The Bertz CT molecular complexity index is 576. The highest BCUT2D eigenvalue weighted by Crippen LogP contribution is 2.25. The fourth-order valence-corrected chi connectivity index (χ4v) is 2.46. The molecule has 2 rings (SSSR count). The maximum absolute atomic E-state index is 11.7. The van der Waals surface area contributed by atoms with Crippen molar-refractivity contribution in [3.05, 3.63) is 28.2 Å². The Morgan fingerprint density at radius 2 is 1.71 bits per heavy atom. The van der Waals surface area contributed by atoms with Crippen LogP contribution in [-0.2, 0) is 4.79 Å². The molecule has 0 atom stereocenters. The van der Waals surface area contributed by atoms with Gasteiger partial charge in [0.25, 0.3) is 0 Å². The largest absolute Gasteiger partial charge is 0.508 e. The summed E-state index contributed by atoms with van der Waals surface area (Å²) in [6, 6.07) is 4.28. The smallest absolute Gasteiger partial charge is 0.319 e. The minimum atomic E-state index is -0.137. The number of urea groups is 1. The Morgan fingerprint density at radius 1 is 1.12 bits per heavy atom. The second-order valence-corrected chi connectivity index (χ2v) is 6.53. The van der Waals surface area contributed by atoms with Crippen molar-refractivity contribution in [1.82, 2.24) is 14.7 Å². The van der Waals surface area contributed by atoms with Crippen LogP contribution in [0.1, 0.15) is 12.8 Å². The highest BCUT2D eigenvalue weighted by atomic mass is 35.5. The highest BCUT2D eigenvalue weighted by molar-refractivity contribution is 6.42. The van der Waals surface area contributed by atoms with E-state index < -0.39 is 0 Å². The highest BCUT2D eigenvalue weighted by Gasteiger charge is 2.21. The summed E-state index contributed by atoms with van der Waals surface area (Å²) in [5, 5.41) is 9.62. The molecule has 0 bridgehead atoms. The molecule has 1 aliphatic rings. The summed E-state index contributed by atoms with van der Waals surface area (Å²) < 4.78 is 0. The predicted molar refractivity (Wildman–Crippen MR) is 95.7 cm³/mol. The number of carbonyl (C=O) groups is 2. The molecule has 8 heteroatoms. The normalized spacial score (nSPS) is 13.1. The first kappa shape index (κ1) is 20.4. The van der Waals surface area contributed by atoms with E-state index in [2.05, 4.69) is 0 Å². The molecule has 6 nitrogen and oxygen atoms in total. The van der Waals surface area contributed by atoms with E-state index in [1.54, 1.807) is 27.2 Å². The van der Waals surface area contributed by atoms with Crippen LogP contribution in [0, 0.1) is 0 Å². The van der Waals surface area contributed by atoms with Gasteiger partial charge in [-0.25, -0.2) is 4.79 Å². The molecule has 1 fully saturated rings. The van der Waals surface area contributed by atoms with E-state index in [1.165, 1.54) is 21.9 Å². The molecule has 1 heterocycles. The van der Waals surface area contributed by atoms with Crippen molar-refractivity contribution in [2.24, 2.45) is 0 Å². The second kappa shape index (κ2) is 9.59. The van der Waals surface area contributed by atoms with Gasteiger partial charge >= 0.3 is 6.03 Å². The molecule has 1 aliphatic heterocycles. The summed E-state index contributed by atoms with van der Waals surface area (Å²) in [4.78, 5) is 27.9. The predicted octanol–water partition coefficient (Wildman–Crippen LogP) is 2.92.